The van der Waals surface area contributed by atoms with Gasteiger partial charge < -0.3 is 10.2 Å². The van der Waals surface area contributed by atoms with Crippen molar-refractivity contribution in [3.05, 3.63) is 0 Å². The maximum Gasteiger partial charge on any atom is 0.522 e. The Balaban J connectivity index is 2.14. The summed E-state index contributed by atoms with van der Waals surface area (Å²) in [5.41, 5.74) is -1.07. The molecule has 0 bridgehead atoms. The summed E-state index contributed by atoms with van der Waals surface area (Å²) in [5, 5.41) is 2.67. The van der Waals surface area contributed by atoms with Gasteiger partial charge >= 0.3 is 6.36 Å². The fraction of sp³-hybridized carbons (Fsp3) is 0.846. The maximum atomic E-state index is 12.4. The first-order valence-corrected chi connectivity index (χ1v) is 7.03. The zero-order valence-corrected chi connectivity index (χ0v) is 12.0. The largest absolute Gasteiger partial charge is 0.522 e. The van der Waals surface area contributed by atoms with Crippen molar-refractivity contribution >= 4 is 11.8 Å². The molecule has 1 aliphatic carbocycles. The third kappa shape index (κ3) is 3.14. The number of halogens is 3. The van der Waals surface area contributed by atoms with E-state index < -0.39 is 24.6 Å². The van der Waals surface area contributed by atoms with E-state index in [1.165, 1.54) is 4.90 Å². The minimum Gasteiger partial charge on any atom is -0.342 e. The van der Waals surface area contributed by atoms with Crippen molar-refractivity contribution in [2.75, 3.05) is 13.2 Å². The monoisotopic (exact) mass is 308 g/mol. The molecule has 1 N–H and O–H groups in total. The molecule has 0 aromatic heterocycles. The van der Waals surface area contributed by atoms with E-state index in [4.69, 9.17) is 0 Å². The van der Waals surface area contributed by atoms with Gasteiger partial charge in [-0.3, -0.25) is 14.3 Å². The summed E-state index contributed by atoms with van der Waals surface area (Å²) in [5.74, 6) is -0.620. The molecule has 2 rings (SSSR count). The molecule has 1 aliphatic heterocycles. The van der Waals surface area contributed by atoms with E-state index in [-0.39, 0.29) is 24.3 Å². The minimum atomic E-state index is -4.73. The Morgan fingerprint density at radius 3 is 2.48 bits per heavy atom. The lowest BCUT2D eigenvalue weighted by atomic mass is 9.87. The summed E-state index contributed by atoms with van der Waals surface area (Å²) in [6.45, 7) is 2.46. The van der Waals surface area contributed by atoms with E-state index in [2.05, 4.69) is 10.1 Å². The molecular weight excluding hydrogens is 289 g/mol. The highest BCUT2D eigenvalue weighted by Gasteiger charge is 2.56. The second-order valence-electron chi connectivity index (χ2n) is 5.64. The zero-order valence-electron chi connectivity index (χ0n) is 12.0. The van der Waals surface area contributed by atoms with Gasteiger partial charge in [0.1, 0.15) is 11.6 Å². The Labute approximate surface area is 120 Å². The van der Waals surface area contributed by atoms with Gasteiger partial charge in [0, 0.05) is 6.54 Å². The highest BCUT2D eigenvalue weighted by Crippen LogP contribution is 2.44. The van der Waals surface area contributed by atoms with E-state index in [0.29, 0.717) is 6.42 Å². The van der Waals surface area contributed by atoms with Crippen LogP contribution in [0, 0.1) is 5.92 Å². The molecular formula is C13H19F3N2O3. The Kier molecular flexibility index (Phi) is 4.19. The standard InChI is InChI=1S/C13H19F3N2O3/c1-3-9-10(19)18(6-7-21-13(14,15)16)12(2,8-4-5-8)11(20)17-9/h8-9H,3-7H2,1-2H3,(H,17,20). The van der Waals surface area contributed by atoms with E-state index in [0.717, 1.165) is 12.8 Å². The number of carbonyl (C=O) groups excluding carboxylic acids is 2. The fourth-order valence-corrected chi connectivity index (χ4v) is 2.83. The molecule has 1 saturated heterocycles. The minimum absolute atomic E-state index is 0.00476. The molecule has 2 amide bonds. The van der Waals surface area contributed by atoms with Crippen LogP contribution in [0.25, 0.3) is 0 Å². The number of carbonyl (C=O) groups is 2. The summed E-state index contributed by atoms with van der Waals surface area (Å²) in [6, 6.07) is -0.671. The van der Waals surface area contributed by atoms with Crippen molar-refractivity contribution in [1.29, 1.82) is 0 Å². The molecule has 0 aromatic carbocycles. The lowest BCUT2D eigenvalue weighted by molar-refractivity contribution is -0.325. The van der Waals surface area contributed by atoms with Crippen molar-refractivity contribution in [2.24, 2.45) is 5.92 Å². The number of alkyl halides is 3. The van der Waals surface area contributed by atoms with Gasteiger partial charge in [-0.05, 0) is 32.1 Å². The Bertz CT molecular complexity index is 437. The predicted molar refractivity (Wildman–Crippen MR) is 67.1 cm³/mol. The van der Waals surface area contributed by atoms with Gasteiger partial charge in [-0.15, -0.1) is 13.2 Å². The average Bonchev–Trinajstić information content (AvgIpc) is 3.21. The van der Waals surface area contributed by atoms with Crippen LogP contribution < -0.4 is 5.32 Å². The number of amides is 2. The molecule has 8 heteroatoms. The summed E-state index contributed by atoms with van der Waals surface area (Å²) < 4.78 is 40.0. The van der Waals surface area contributed by atoms with Crippen molar-refractivity contribution in [3.8, 4) is 0 Å². The second kappa shape index (κ2) is 5.47. The molecule has 5 nitrogen and oxygen atoms in total. The van der Waals surface area contributed by atoms with Gasteiger partial charge in [-0.2, -0.15) is 0 Å². The summed E-state index contributed by atoms with van der Waals surface area (Å²) in [7, 11) is 0. The molecule has 2 fully saturated rings. The first-order chi connectivity index (χ1) is 9.70. The number of nitrogens with zero attached hydrogens (tertiary/aromatic N) is 1. The smallest absolute Gasteiger partial charge is 0.342 e. The highest BCUT2D eigenvalue weighted by molar-refractivity contribution is 6.00. The van der Waals surface area contributed by atoms with Gasteiger partial charge in [-0.25, -0.2) is 0 Å². The normalized spacial score (nSPS) is 30.5. The maximum absolute atomic E-state index is 12.4. The van der Waals surface area contributed by atoms with Crippen LogP contribution in [0.4, 0.5) is 13.2 Å². The summed E-state index contributed by atoms with van der Waals surface area (Å²) >= 11 is 0. The van der Waals surface area contributed by atoms with Crippen LogP contribution in [-0.2, 0) is 14.3 Å². The molecule has 0 spiro atoms. The number of hydrogen-bond donors (Lipinski definition) is 1. The quantitative estimate of drug-likeness (QED) is 0.836. The molecule has 2 atom stereocenters. The summed E-state index contributed by atoms with van der Waals surface area (Å²) in [4.78, 5) is 26.0. The predicted octanol–water partition coefficient (Wildman–Crippen LogP) is 1.43. The molecule has 2 aliphatic rings. The van der Waals surface area contributed by atoms with Gasteiger partial charge in [-0.1, -0.05) is 6.92 Å². The number of ether oxygens (including phenoxy) is 1. The number of rotatable bonds is 5. The first kappa shape index (κ1) is 16.1. The van der Waals surface area contributed by atoms with Crippen molar-refractivity contribution in [3.63, 3.8) is 0 Å². The molecule has 120 valence electrons. The van der Waals surface area contributed by atoms with Crippen molar-refractivity contribution < 1.29 is 27.5 Å². The first-order valence-electron chi connectivity index (χ1n) is 7.03. The Hall–Kier alpha value is -1.31. The van der Waals surface area contributed by atoms with Crippen LogP contribution in [0.2, 0.25) is 0 Å². The Morgan fingerprint density at radius 1 is 1.38 bits per heavy atom. The summed E-state index contributed by atoms with van der Waals surface area (Å²) in [6.07, 6.45) is -2.74. The number of hydrogen-bond acceptors (Lipinski definition) is 3. The van der Waals surface area contributed by atoms with Crippen LogP contribution in [-0.4, -0.2) is 47.8 Å². The lowest BCUT2D eigenvalue weighted by Crippen LogP contribution is -2.70. The number of piperazine rings is 1. The van der Waals surface area contributed by atoms with E-state index in [1.54, 1.807) is 13.8 Å². The topological polar surface area (TPSA) is 58.6 Å². The highest BCUT2D eigenvalue weighted by atomic mass is 19.4. The Morgan fingerprint density at radius 2 is 2.00 bits per heavy atom. The van der Waals surface area contributed by atoms with Crippen LogP contribution in [0.5, 0.6) is 0 Å². The van der Waals surface area contributed by atoms with Crippen LogP contribution in [0.15, 0.2) is 0 Å². The molecule has 21 heavy (non-hydrogen) atoms. The molecule has 1 heterocycles. The fourth-order valence-electron chi connectivity index (χ4n) is 2.83. The zero-order chi connectivity index (χ0) is 15.8. The molecule has 1 saturated carbocycles. The van der Waals surface area contributed by atoms with E-state index in [9.17, 15) is 22.8 Å². The third-order valence-corrected chi connectivity index (χ3v) is 4.25. The van der Waals surface area contributed by atoms with Gasteiger partial charge in [0.2, 0.25) is 11.8 Å². The molecule has 0 radical (unpaired) electrons. The van der Waals surface area contributed by atoms with Gasteiger partial charge in [0.25, 0.3) is 0 Å². The van der Waals surface area contributed by atoms with Gasteiger partial charge in [0.15, 0.2) is 0 Å². The number of nitrogens with one attached hydrogen (secondary N) is 1. The van der Waals surface area contributed by atoms with Gasteiger partial charge in [0.05, 0.1) is 6.61 Å². The lowest BCUT2D eigenvalue weighted by Gasteiger charge is -2.46. The van der Waals surface area contributed by atoms with Crippen molar-refractivity contribution in [1.82, 2.24) is 10.2 Å². The van der Waals surface area contributed by atoms with Crippen LogP contribution in [0.1, 0.15) is 33.1 Å². The van der Waals surface area contributed by atoms with Crippen molar-refractivity contribution in [2.45, 2.75) is 51.1 Å². The van der Waals surface area contributed by atoms with E-state index >= 15 is 0 Å². The second-order valence-corrected chi connectivity index (χ2v) is 5.64. The van der Waals surface area contributed by atoms with Crippen LogP contribution in [0.3, 0.4) is 0 Å². The SMILES string of the molecule is CCC1NC(=O)C(C)(C2CC2)N(CCOC(F)(F)F)C1=O. The van der Waals surface area contributed by atoms with E-state index in [1.807, 2.05) is 0 Å². The average molecular weight is 308 g/mol. The third-order valence-electron chi connectivity index (χ3n) is 4.25. The molecule has 0 aromatic rings. The molecule has 2 unspecified atom stereocenters. The van der Waals surface area contributed by atoms with Crippen LogP contribution >= 0.6 is 0 Å².